The molecule has 10 rings (SSSR count). The van der Waals surface area contributed by atoms with Crippen LogP contribution in [0, 0.1) is 0 Å². The van der Waals surface area contributed by atoms with Gasteiger partial charge in [-0.05, 0) is 69.1 Å². The molecule has 3 aromatic heterocycles. The number of aromatic nitrogens is 4. The van der Waals surface area contributed by atoms with Crippen molar-refractivity contribution in [1.29, 1.82) is 0 Å². The number of furan rings is 1. The van der Waals surface area contributed by atoms with Crippen molar-refractivity contribution in [2.75, 3.05) is 0 Å². The van der Waals surface area contributed by atoms with E-state index in [9.17, 15) is 0 Å². The maximum Gasteiger partial charge on any atom is 0.164 e. The first kappa shape index (κ1) is 27.4. The molecule has 0 unspecified atom stereocenters. The van der Waals surface area contributed by atoms with Crippen molar-refractivity contribution in [3.05, 3.63) is 158 Å². The molecule has 0 amide bonds. The van der Waals surface area contributed by atoms with Gasteiger partial charge in [0.25, 0.3) is 0 Å². The van der Waals surface area contributed by atoms with Crippen molar-refractivity contribution in [1.82, 2.24) is 19.9 Å². The number of hydrogen-bond acceptors (Lipinski definition) is 5. The Balaban J connectivity index is 1.14. The van der Waals surface area contributed by atoms with Gasteiger partial charge in [0.05, 0.1) is 5.52 Å². The van der Waals surface area contributed by atoms with Gasteiger partial charge in [-0.3, -0.25) is 4.98 Å². The van der Waals surface area contributed by atoms with Gasteiger partial charge in [-0.1, -0.05) is 115 Å². The van der Waals surface area contributed by atoms with Crippen LogP contribution < -0.4 is 0 Å². The van der Waals surface area contributed by atoms with E-state index in [4.69, 9.17) is 19.4 Å². The highest BCUT2D eigenvalue weighted by Crippen LogP contribution is 2.40. The third-order valence-corrected chi connectivity index (χ3v) is 9.33. The van der Waals surface area contributed by atoms with Crippen LogP contribution in [0.25, 0.3) is 99.7 Å². The first-order chi connectivity index (χ1) is 24.2. The number of pyridine rings is 1. The predicted octanol–water partition coefficient (Wildman–Crippen LogP) is 11.3. The highest BCUT2D eigenvalue weighted by Gasteiger charge is 2.17. The Bertz CT molecular complexity index is 2890. The smallest absolute Gasteiger partial charge is 0.164 e. The van der Waals surface area contributed by atoms with Crippen molar-refractivity contribution in [2.45, 2.75) is 0 Å². The molecule has 0 fully saturated rings. The van der Waals surface area contributed by atoms with Crippen LogP contribution in [-0.4, -0.2) is 19.9 Å². The van der Waals surface area contributed by atoms with Crippen LogP contribution in [0.5, 0.6) is 0 Å². The molecule has 0 N–H and O–H groups in total. The molecule has 0 aliphatic heterocycles. The van der Waals surface area contributed by atoms with Crippen LogP contribution in [0.1, 0.15) is 0 Å². The van der Waals surface area contributed by atoms with Gasteiger partial charge < -0.3 is 4.42 Å². The van der Waals surface area contributed by atoms with E-state index in [1.807, 2.05) is 48.7 Å². The van der Waals surface area contributed by atoms with Gasteiger partial charge in [0.2, 0.25) is 0 Å². The molecule has 5 nitrogen and oxygen atoms in total. The van der Waals surface area contributed by atoms with Crippen LogP contribution in [0.15, 0.2) is 162 Å². The highest BCUT2D eigenvalue weighted by molar-refractivity contribution is 6.15. The monoisotopic (exact) mass is 626 g/mol. The minimum absolute atomic E-state index is 0.637. The Morgan fingerprint density at radius 1 is 0.388 bits per heavy atom. The summed E-state index contributed by atoms with van der Waals surface area (Å²) in [5.74, 6) is 1.92. The Labute approximate surface area is 281 Å². The van der Waals surface area contributed by atoms with E-state index in [-0.39, 0.29) is 0 Å². The van der Waals surface area contributed by atoms with Crippen LogP contribution >= 0.6 is 0 Å². The molecule has 0 aliphatic carbocycles. The van der Waals surface area contributed by atoms with Crippen LogP contribution in [0.3, 0.4) is 0 Å². The maximum absolute atomic E-state index is 6.36. The fourth-order valence-corrected chi connectivity index (χ4v) is 6.95. The number of fused-ring (bicyclic) bond motifs is 6. The Morgan fingerprint density at radius 2 is 1.10 bits per heavy atom. The fourth-order valence-electron chi connectivity index (χ4n) is 6.95. The third-order valence-electron chi connectivity index (χ3n) is 9.33. The van der Waals surface area contributed by atoms with Crippen LogP contribution in [0.2, 0.25) is 0 Å². The summed E-state index contributed by atoms with van der Waals surface area (Å²) in [7, 11) is 0. The molecule has 3 heterocycles. The average molecular weight is 627 g/mol. The van der Waals surface area contributed by atoms with Gasteiger partial charge in [-0.2, -0.15) is 0 Å². The predicted molar refractivity (Wildman–Crippen MR) is 199 cm³/mol. The molecule has 10 aromatic rings. The molecule has 0 saturated carbocycles. The van der Waals surface area contributed by atoms with Crippen molar-refractivity contribution in [2.24, 2.45) is 0 Å². The second-order valence-corrected chi connectivity index (χ2v) is 12.3. The van der Waals surface area contributed by atoms with E-state index in [0.717, 1.165) is 76.8 Å². The topological polar surface area (TPSA) is 64.7 Å². The molecule has 0 saturated heterocycles. The molecule has 0 bridgehead atoms. The molecule has 0 spiro atoms. The molecule has 0 atom stereocenters. The van der Waals surface area contributed by atoms with Crippen LogP contribution in [-0.2, 0) is 0 Å². The highest BCUT2D eigenvalue weighted by atomic mass is 16.3. The summed E-state index contributed by atoms with van der Waals surface area (Å²) in [5.41, 5.74) is 7.74. The summed E-state index contributed by atoms with van der Waals surface area (Å²) in [6.45, 7) is 0. The average Bonchev–Trinajstić information content (AvgIpc) is 3.54. The van der Waals surface area contributed by atoms with Gasteiger partial charge >= 0.3 is 0 Å². The first-order valence-electron chi connectivity index (χ1n) is 16.3. The zero-order valence-electron chi connectivity index (χ0n) is 26.2. The lowest BCUT2D eigenvalue weighted by atomic mass is 9.95. The van der Waals surface area contributed by atoms with E-state index in [1.54, 1.807) is 0 Å². The largest absolute Gasteiger partial charge is 0.456 e. The van der Waals surface area contributed by atoms with E-state index in [1.165, 1.54) is 5.39 Å². The molecule has 0 radical (unpaired) electrons. The molecule has 0 aliphatic rings. The Hall–Kier alpha value is -6.72. The standard InChI is InChI=1S/C44H26N4O/c1-2-10-28(11-3-1)42-46-43(33-19-18-27-9-4-5-12-29(27)23-33)48-44(47-42)36-16-6-13-30-24-31(20-21-34(30)36)35-15-7-17-39-41(35)37-26-38-32(14-8-22-45-38)25-40(37)49-39/h1-26H. The molecule has 49 heavy (non-hydrogen) atoms. The number of benzene rings is 7. The summed E-state index contributed by atoms with van der Waals surface area (Å²) in [6, 6.07) is 52.2. The van der Waals surface area contributed by atoms with Gasteiger partial charge in [-0.15, -0.1) is 0 Å². The SMILES string of the molecule is c1ccc(-c2nc(-c3ccc4ccccc4c3)nc(-c3cccc4cc(-c5cccc6oc7cc8cccnc8cc7c56)ccc34)n2)cc1. The number of rotatable bonds is 4. The number of hydrogen-bond donors (Lipinski definition) is 0. The van der Waals surface area contributed by atoms with Crippen molar-refractivity contribution >= 4 is 54.4 Å². The van der Waals surface area contributed by atoms with Gasteiger partial charge in [0, 0.05) is 39.0 Å². The molecule has 228 valence electrons. The van der Waals surface area contributed by atoms with Gasteiger partial charge in [0.15, 0.2) is 17.5 Å². The second kappa shape index (κ2) is 10.9. The van der Waals surface area contributed by atoms with E-state index >= 15 is 0 Å². The Morgan fingerprint density at radius 3 is 2.02 bits per heavy atom. The lowest BCUT2D eigenvalue weighted by Gasteiger charge is -2.12. The molecular weight excluding hydrogens is 601 g/mol. The quantitative estimate of drug-likeness (QED) is 0.194. The molecule has 7 aromatic carbocycles. The molecular formula is C44H26N4O. The first-order valence-corrected chi connectivity index (χ1v) is 16.3. The van der Waals surface area contributed by atoms with Gasteiger partial charge in [-0.25, -0.2) is 15.0 Å². The zero-order chi connectivity index (χ0) is 32.3. The van der Waals surface area contributed by atoms with Crippen LogP contribution in [0.4, 0.5) is 0 Å². The maximum atomic E-state index is 6.36. The third kappa shape index (κ3) is 4.63. The Kier molecular flexibility index (Phi) is 6.11. The summed E-state index contributed by atoms with van der Waals surface area (Å²) < 4.78 is 6.36. The fraction of sp³-hybridized carbons (Fsp3) is 0. The van der Waals surface area contributed by atoms with E-state index in [0.29, 0.717) is 17.5 Å². The summed E-state index contributed by atoms with van der Waals surface area (Å²) in [4.78, 5) is 19.7. The molecule has 5 heteroatoms. The summed E-state index contributed by atoms with van der Waals surface area (Å²) in [6.07, 6.45) is 1.83. The van der Waals surface area contributed by atoms with E-state index < -0.39 is 0 Å². The summed E-state index contributed by atoms with van der Waals surface area (Å²) >= 11 is 0. The van der Waals surface area contributed by atoms with Gasteiger partial charge in [0.1, 0.15) is 11.2 Å². The summed E-state index contributed by atoms with van der Waals surface area (Å²) in [5, 5.41) is 7.70. The lowest BCUT2D eigenvalue weighted by Crippen LogP contribution is -2.00. The van der Waals surface area contributed by atoms with E-state index in [2.05, 4.69) is 114 Å². The minimum atomic E-state index is 0.637. The zero-order valence-corrected chi connectivity index (χ0v) is 26.2. The normalized spacial score (nSPS) is 11.7. The van der Waals surface area contributed by atoms with Crippen molar-refractivity contribution in [3.63, 3.8) is 0 Å². The van der Waals surface area contributed by atoms with Crippen molar-refractivity contribution in [3.8, 4) is 45.3 Å². The lowest BCUT2D eigenvalue weighted by molar-refractivity contribution is 0.669. The minimum Gasteiger partial charge on any atom is -0.456 e. The van der Waals surface area contributed by atoms with Crippen molar-refractivity contribution < 1.29 is 4.42 Å². The number of nitrogens with zero attached hydrogens (tertiary/aromatic N) is 4. The second-order valence-electron chi connectivity index (χ2n) is 12.3.